The summed E-state index contributed by atoms with van der Waals surface area (Å²) in [6.07, 6.45) is 1.68. The predicted octanol–water partition coefficient (Wildman–Crippen LogP) is 2.51. The molecular formula is C20H20N6O2. The molecule has 0 saturated heterocycles. The van der Waals surface area contributed by atoms with Gasteiger partial charge in [-0.3, -0.25) is 9.78 Å². The fraction of sp³-hybridized carbons (Fsp3) is 0.200. The molecule has 1 aliphatic heterocycles. The zero-order chi connectivity index (χ0) is 19.7. The first kappa shape index (κ1) is 17.7. The van der Waals surface area contributed by atoms with Crippen LogP contribution in [0.15, 0.2) is 59.9 Å². The van der Waals surface area contributed by atoms with Crippen molar-refractivity contribution in [1.82, 2.24) is 19.7 Å². The van der Waals surface area contributed by atoms with Crippen molar-refractivity contribution in [3.05, 3.63) is 65.6 Å². The molecule has 1 amide bonds. The Morgan fingerprint density at radius 1 is 1.25 bits per heavy atom. The Morgan fingerprint density at radius 2 is 2.04 bits per heavy atom. The molecule has 4 rings (SSSR count). The van der Waals surface area contributed by atoms with Crippen LogP contribution < -0.4 is 15.8 Å². The van der Waals surface area contributed by atoms with Gasteiger partial charge in [-0.1, -0.05) is 6.07 Å². The molecule has 8 nitrogen and oxygen atoms in total. The number of allylic oxidation sites excluding steroid dienone is 1. The molecule has 1 aliphatic rings. The van der Waals surface area contributed by atoms with Crippen LogP contribution in [0.2, 0.25) is 0 Å². The third kappa shape index (κ3) is 3.09. The van der Waals surface area contributed by atoms with Crippen LogP contribution in [0.4, 0.5) is 5.95 Å². The van der Waals surface area contributed by atoms with Gasteiger partial charge >= 0.3 is 0 Å². The van der Waals surface area contributed by atoms with Crippen LogP contribution in [0.3, 0.4) is 0 Å². The van der Waals surface area contributed by atoms with Crippen LogP contribution in [0.25, 0.3) is 11.4 Å². The van der Waals surface area contributed by atoms with E-state index in [4.69, 9.17) is 10.5 Å². The van der Waals surface area contributed by atoms with E-state index in [2.05, 4.69) is 20.4 Å². The molecule has 8 heteroatoms. The number of amides is 1. The topological polar surface area (TPSA) is 108 Å². The number of anilines is 1. The molecule has 3 aromatic rings. The summed E-state index contributed by atoms with van der Waals surface area (Å²) in [5.74, 6) is 1.32. The number of nitrogens with zero attached hydrogens (tertiary/aromatic N) is 4. The van der Waals surface area contributed by atoms with Gasteiger partial charge in [0.15, 0.2) is 5.82 Å². The van der Waals surface area contributed by atoms with E-state index in [-0.39, 0.29) is 0 Å². The fourth-order valence-electron chi connectivity index (χ4n) is 3.27. The molecule has 3 heterocycles. The maximum absolute atomic E-state index is 12.2. The van der Waals surface area contributed by atoms with E-state index in [1.807, 2.05) is 49.4 Å². The fourth-order valence-corrected chi connectivity index (χ4v) is 3.27. The van der Waals surface area contributed by atoms with E-state index in [0.29, 0.717) is 35.3 Å². The molecule has 0 fully saturated rings. The first-order valence-corrected chi connectivity index (χ1v) is 8.96. The lowest BCUT2D eigenvalue weighted by molar-refractivity contribution is -0.115. The van der Waals surface area contributed by atoms with Gasteiger partial charge in [0, 0.05) is 17.5 Å². The van der Waals surface area contributed by atoms with Crippen LogP contribution in [-0.2, 0) is 4.79 Å². The Labute approximate surface area is 162 Å². The lowest BCUT2D eigenvalue weighted by atomic mass is 9.99. The highest BCUT2D eigenvalue weighted by Crippen LogP contribution is 2.35. The number of nitrogens with two attached hydrogens (primary N) is 1. The van der Waals surface area contributed by atoms with E-state index in [1.54, 1.807) is 17.8 Å². The Kier molecular flexibility index (Phi) is 4.52. The molecule has 2 aromatic heterocycles. The summed E-state index contributed by atoms with van der Waals surface area (Å²) < 4.78 is 7.14. The van der Waals surface area contributed by atoms with E-state index in [9.17, 15) is 4.79 Å². The Morgan fingerprint density at radius 3 is 2.68 bits per heavy atom. The SMILES string of the molecule is CCOc1ccc(-c2nc3n(n2)C(c2ccccn2)C(C(N)=O)=C(C)N3)cc1. The van der Waals surface area contributed by atoms with E-state index < -0.39 is 11.9 Å². The van der Waals surface area contributed by atoms with Gasteiger partial charge in [0.2, 0.25) is 11.9 Å². The first-order valence-electron chi connectivity index (χ1n) is 8.96. The number of carbonyl (C=O) groups excluding carboxylic acids is 1. The second kappa shape index (κ2) is 7.15. The number of fused-ring (bicyclic) bond motifs is 1. The Bertz CT molecular complexity index is 1040. The predicted molar refractivity (Wildman–Crippen MR) is 105 cm³/mol. The number of nitrogens with one attached hydrogen (secondary N) is 1. The van der Waals surface area contributed by atoms with Crippen LogP contribution in [0, 0.1) is 0 Å². The number of pyridine rings is 1. The van der Waals surface area contributed by atoms with Crippen molar-refractivity contribution < 1.29 is 9.53 Å². The van der Waals surface area contributed by atoms with Crippen LogP contribution in [0.1, 0.15) is 25.6 Å². The third-order valence-electron chi connectivity index (χ3n) is 4.51. The lowest BCUT2D eigenvalue weighted by Gasteiger charge is -2.26. The molecule has 28 heavy (non-hydrogen) atoms. The number of aromatic nitrogens is 4. The second-order valence-corrected chi connectivity index (χ2v) is 6.35. The number of rotatable bonds is 5. The molecule has 1 aromatic carbocycles. The zero-order valence-corrected chi connectivity index (χ0v) is 15.6. The van der Waals surface area contributed by atoms with Crippen molar-refractivity contribution in [3.8, 4) is 17.1 Å². The minimum atomic E-state index is -0.543. The average molecular weight is 376 g/mol. The van der Waals surface area contributed by atoms with Crippen LogP contribution in [0.5, 0.6) is 5.75 Å². The van der Waals surface area contributed by atoms with Gasteiger partial charge in [-0.25, -0.2) is 4.68 Å². The summed E-state index contributed by atoms with van der Waals surface area (Å²) in [6, 6.07) is 12.5. The van der Waals surface area contributed by atoms with Crippen molar-refractivity contribution in [2.45, 2.75) is 19.9 Å². The van der Waals surface area contributed by atoms with E-state index in [0.717, 1.165) is 11.3 Å². The van der Waals surface area contributed by atoms with Gasteiger partial charge in [0.25, 0.3) is 0 Å². The number of primary amides is 1. The van der Waals surface area contributed by atoms with Gasteiger partial charge < -0.3 is 15.8 Å². The quantitative estimate of drug-likeness (QED) is 0.708. The van der Waals surface area contributed by atoms with Crippen molar-refractivity contribution in [3.63, 3.8) is 0 Å². The van der Waals surface area contributed by atoms with Gasteiger partial charge in [-0.05, 0) is 50.2 Å². The molecule has 142 valence electrons. The number of hydrogen-bond donors (Lipinski definition) is 2. The van der Waals surface area contributed by atoms with Crippen molar-refractivity contribution >= 4 is 11.9 Å². The van der Waals surface area contributed by atoms with Gasteiger partial charge in [-0.15, -0.1) is 5.10 Å². The van der Waals surface area contributed by atoms with Crippen LogP contribution in [-0.4, -0.2) is 32.3 Å². The van der Waals surface area contributed by atoms with E-state index >= 15 is 0 Å². The highest BCUT2D eigenvalue weighted by atomic mass is 16.5. The summed E-state index contributed by atoms with van der Waals surface area (Å²) in [4.78, 5) is 21.2. The van der Waals surface area contributed by atoms with Crippen molar-refractivity contribution in [2.75, 3.05) is 11.9 Å². The summed E-state index contributed by atoms with van der Waals surface area (Å²) in [6.45, 7) is 4.34. The zero-order valence-electron chi connectivity index (χ0n) is 15.6. The third-order valence-corrected chi connectivity index (χ3v) is 4.51. The Hall–Kier alpha value is -3.68. The maximum Gasteiger partial charge on any atom is 0.248 e. The maximum atomic E-state index is 12.2. The summed E-state index contributed by atoms with van der Waals surface area (Å²) in [5.41, 5.74) is 8.22. The van der Waals surface area contributed by atoms with E-state index in [1.165, 1.54) is 0 Å². The molecule has 0 spiro atoms. The molecule has 0 radical (unpaired) electrons. The monoisotopic (exact) mass is 376 g/mol. The lowest BCUT2D eigenvalue weighted by Crippen LogP contribution is -2.32. The highest BCUT2D eigenvalue weighted by Gasteiger charge is 2.34. The summed E-state index contributed by atoms with van der Waals surface area (Å²) in [7, 11) is 0. The summed E-state index contributed by atoms with van der Waals surface area (Å²) >= 11 is 0. The first-order chi connectivity index (χ1) is 13.6. The molecule has 0 saturated carbocycles. The molecule has 1 atom stereocenters. The van der Waals surface area contributed by atoms with Crippen molar-refractivity contribution in [1.29, 1.82) is 0 Å². The normalized spacial score (nSPS) is 15.7. The minimum Gasteiger partial charge on any atom is -0.494 e. The minimum absolute atomic E-state index is 0.411. The van der Waals surface area contributed by atoms with Gasteiger partial charge in [0.05, 0.1) is 17.9 Å². The highest BCUT2D eigenvalue weighted by molar-refractivity contribution is 5.95. The number of benzene rings is 1. The number of hydrogen-bond acceptors (Lipinski definition) is 6. The van der Waals surface area contributed by atoms with Crippen molar-refractivity contribution in [2.24, 2.45) is 5.73 Å². The molecule has 0 aliphatic carbocycles. The number of carbonyl (C=O) groups is 1. The smallest absolute Gasteiger partial charge is 0.248 e. The average Bonchev–Trinajstić information content (AvgIpc) is 3.11. The standard InChI is InChI=1S/C20H20N6O2/c1-3-28-14-9-7-13(8-10-14)19-24-20-23-12(2)16(18(21)27)17(26(20)25-19)15-6-4-5-11-22-15/h4-11,17H,3H2,1-2H3,(H2,21,27)(H,23,24,25). The number of ether oxygens (including phenoxy) is 1. The molecular weight excluding hydrogens is 356 g/mol. The molecule has 1 unspecified atom stereocenters. The molecule has 3 N–H and O–H groups in total. The van der Waals surface area contributed by atoms with Crippen LogP contribution >= 0.6 is 0 Å². The summed E-state index contributed by atoms with van der Waals surface area (Å²) in [5, 5.41) is 7.77. The Balaban J connectivity index is 1.79. The molecule has 0 bridgehead atoms. The van der Waals surface area contributed by atoms with Gasteiger partial charge in [0.1, 0.15) is 11.8 Å². The second-order valence-electron chi connectivity index (χ2n) is 6.35. The van der Waals surface area contributed by atoms with Gasteiger partial charge in [-0.2, -0.15) is 4.98 Å². The largest absolute Gasteiger partial charge is 0.494 e.